The molecule has 15 heavy (non-hydrogen) atoms. The normalized spacial score (nSPS) is 20.9. The molecule has 0 amide bonds. The molecule has 0 saturated carbocycles. The van der Waals surface area contributed by atoms with Gasteiger partial charge in [0.2, 0.25) is 0 Å². The van der Waals surface area contributed by atoms with Gasteiger partial charge in [-0.05, 0) is 56.0 Å². The van der Waals surface area contributed by atoms with Crippen LogP contribution < -0.4 is 5.32 Å². The highest BCUT2D eigenvalue weighted by Crippen LogP contribution is 2.23. The molecular formula is C12H15BrFN. The zero-order valence-corrected chi connectivity index (χ0v) is 10.4. The van der Waals surface area contributed by atoms with E-state index in [9.17, 15) is 4.39 Å². The monoisotopic (exact) mass is 271 g/mol. The Morgan fingerprint density at radius 3 is 3.00 bits per heavy atom. The summed E-state index contributed by atoms with van der Waals surface area (Å²) in [6, 6.07) is 3.97. The molecule has 1 N–H and O–H groups in total. The number of rotatable bonds is 2. The van der Waals surface area contributed by atoms with Gasteiger partial charge in [-0.1, -0.05) is 15.9 Å². The zero-order valence-electron chi connectivity index (χ0n) is 8.82. The van der Waals surface area contributed by atoms with Gasteiger partial charge in [0.15, 0.2) is 0 Å². The van der Waals surface area contributed by atoms with E-state index in [4.69, 9.17) is 0 Å². The molecule has 1 aromatic carbocycles. The second-order valence-electron chi connectivity index (χ2n) is 4.19. The molecule has 3 heteroatoms. The second kappa shape index (κ2) is 4.62. The van der Waals surface area contributed by atoms with Gasteiger partial charge < -0.3 is 5.32 Å². The fourth-order valence-corrected chi connectivity index (χ4v) is 2.43. The van der Waals surface area contributed by atoms with Crippen molar-refractivity contribution in [3.8, 4) is 0 Å². The molecule has 0 radical (unpaired) electrons. The van der Waals surface area contributed by atoms with E-state index in [0.29, 0.717) is 6.04 Å². The largest absolute Gasteiger partial charge is 0.314 e. The van der Waals surface area contributed by atoms with Crippen molar-refractivity contribution in [2.75, 3.05) is 6.54 Å². The van der Waals surface area contributed by atoms with Crippen molar-refractivity contribution in [1.82, 2.24) is 5.32 Å². The third-order valence-electron chi connectivity index (χ3n) is 2.96. The molecule has 1 nitrogen and oxygen atoms in total. The summed E-state index contributed by atoms with van der Waals surface area (Å²) in [7, 11) is 0. The van der Waals surface area contributed by atoms with Crippen molar-refractivity contribution in [2.24, 2.45) is 0 Å². The van der Waals surface area contributed by atoms with Crippen LogP contribution >= 0.6 is 15.9 Å². The van der Waals surface area contributed by atoms with Gasteiger partial charge in [0, 0.05) is 10.5 Å². The number of hydrogen-bond acceptors (Lipinski definition) is 1. The van der Waals surface area contributed by atoms with Gasteiger partial charge in [-0.2, -0.15) is 0 Å². The fraction of sp³-hybridized carbons (Fsp3) is 0.500. The second-order valence-corrected chi connectivity index (χ2v) is 5.04. The molecule has 82 valence electrons. The van der Waals surface area contributed by atoms with Crippen molar-refractivity contribution in [2.45, 2.75) is 32.2 Å². The number of aryl methyl sites for hydroxylation is 1. The average Bonchev–Trinajstić information content (AvgIpc) is 2.67. The lowest BCUT2D eigenvalue weighted by Crippen LogP contribution is -2.24. The van der Waals surface area contributed by atoms with Crippen molar-refractivity contribution >= 4 is 15.9 Å². The van der Waals surface area contributed by atoms with Crippen LogP contribution in [0.15, 0.2) is 16.6 Å². The minimum atomic E-state index is -0.0793. The first-order chi connectivity index (χ1) is 7.16. The minimum Gasteiger partial charge on any atom is -0.314 e. The maximum Gasteiger partial charge on any atom is 0.126 e. The number of nitrogens with one attached hydrogen (secondary N) is 1. The number of benzene rings is 1. The molecule has 0 bridgehead atoms. The Morgan fingerprint density at radius 1 is 1.53 bits per heavy atom. The Kier molecular flexibility index (Phi) is 3.42. The molecule has 2 rings (SSSR count). The predicted molar refractivity (Wildman–Crippen MR) is 63.6 cm³/mol. The van der Waals surface area contributed by atoms with Crippen LogP contribution in [-0.2, 0) is 6.42 Å². The molecule has 0 aliphatic carbocycles. The van der Waals surface area contributed by atoms with Crippen LogP contribution in [0.1, 0.15) is 24.0 Å². The molecule has 0 spiro atoms. The smallest absolute Gasteiger partial charge is 0.126 e. The first kappa shape index (κ1) is 11.1. The lowest BCUT2D eigenvalue weighted by Gasteiger charge is -2.12. The summed E-state index contributed by atoms with van der Waals surface area (Å²) in [4.78, 5) is 0. The van der Waals surface area contributed by atoms with E-state index in [1.54, 1.807) is 6.07 Å². The third kappa shape index (κ3) is 2.58. The van der Waals surface area contributed by atoms with E-state index < -0.39 is 0 Å². The van der Waals surface area contributed by atoms with Crippen molar-refractivity contribution in [1.29, 1.82) is 0 Å². The molecule has 1 aliphatic rings. The summed E-state index contributed by atoms with van der Waals surface area (Å²) < 4.78 is 14.6. The summed E-state index contributed by atoms with van der Waals surface area (Å²) in [5, 5.41) is 3.38. The molecule has 1 saturated heterocycles. The molecule has 1 unspecified atom stereocenters. The molecule has 0 aromatic heterocycles. The fourth-order valence-electron chi connectivity index (χ4n) is 2.04. The minimum absolute atomic E-state index is 0.0793. The summed E-state index contributed by atoms with van der Waals surface area (Å²) in [6.45, 7) is 2.98. The summed E-state index contributed by atoms with van der Waals surface area (Å²) in [5.41, 5.74) is 1.77. The lowest BCUT2D eigenvalue weighted by molar-refractivity contribution is 0.559. The van der Waals surface area contributed by atoms with E-state index in [2.05, 4.69) is 21.2 Å². The zero-order chi connectivity index (χ0) is 10.8. The SMILES string of the molecule is Cc1cc(F)c(CC2CCCN2)cc1Br. The standard InChI is InChI=1S/C12H15BrFN/c1-8-5-12(14)9(7-11(8)13)6-10-3-2-4-15-10/h5,7,10,15H,2-4,6H2,1H3. The van der Waals surface area contributed by atoms with Crippen LogP contribution in [0.3, 0.4) is 0 Å². The maximum absolute atomic E-state index is 13.6. The van der Waals surface area contributed by atoms with Crippen LogP contribution in [-0.4, -0.2) is 12.6 Å². The van der Waals surface area contributed by atoms with E-state index in [1.165, 1.54) is 6.42 Å². The van der Waals surface area contributed by atoms with E-state index in [1.807, 2.05) is 13.0 Å². The van der Waals surface area contributed by atoms with Gasteiger partial charge in [0.05, 0.1) is 0 Å². The summed E-state index contributed by atoms with van der Waals surface area (Å²) in [6.07, 6.45) is 3.16. The van der Waals surface area contributed by atoms with Gasteiger partial charge >= 0.3 is 0 Å². The molecule has 1 aromatic rings. The van der Waals surface area contributed by atoms with E-state index in [0.717, 1.165) is 35.0 Å². The topological polar surface area (TPSA) is 12.0 Å². The van der Waals surface area contributed by atoms with Crippen LogP contribution in [0.25, 0.3) is 0 Å². The Bertz CT molecular complexity index is 359. The number of hydrogen-bond donors (Lipinski definition) is 1. The van der Waals surface area contributed by atoms with Crippen LogP contribution in [0.5, 0.6) is 0 Å². The Hall–Kier alpha value is -0.410. The van der Waals surface area contributed by atoms with Gasteiger partial charge in [-0.3, -0.25) is 0 Å². The Balaban J connectivity index is 2.16. The molecule has 1 aliphatic heterocycles. The third-order valence-corrected chi connectivity index (χ3v) is 3.81. The number of halogens is 2. The molecule has 1 fully saturated rings. The van der Waals surface area contributed by atoms with Crippen LogP contribution in [0.2, 0.25) is 0 Å². The van der Waals surface area contributed by atoms with Crippen molar-refractivity contribution in [3.63, 3.8) is 0 Å². The van der Waals surface area contributed by atoms with E-state index >= 15 is 0 Å². The first-order valence-corrected chi connectivity index (χ1v) is 6.14. The quantitative estimate of drug-likeness (QED) is 0.871. The lowest BCUT2D eigenvalue weighted by atomic mass is 10.0. The molecular weight excluding hydrogens is 257 g/mol. The van der Waals surface area contributed by atoms with Gasteiger partial charge in [-0.25, -0.2) is 4.39 Å². The van der Waals surface area contributed by atoms with Crippen molar-refractivity contribution < 1.29 is 4.39 Å². The van der Waals surface area contributed by atoms with Gasteiger partial charge in [-0.15, -0.1) is 0 Å². The summed E-state index contributed by atoms with van der Waals surface area (Å²) in [5.74, 6) is -0.0793. The summed E-state index contributed by atoms with van der Waals surface area (Å²) >= 11 is 3.44. The highest BCUT2D eigenvalue weighted by atomic mass is 79.9. The van der Waals surface area contributed by atoms with Crippen molar-refractivity contribution in [3.05, 3.63) is 33.5 Å². The highest BCUT2D eigenvalue weighted by Gasteiger charge is 2.16. The van der Waals surface area contributed by atoms with Gasteiger partial charge in [0.25, 0.3) is 0 Å². The van der Waals surface area contributed by atoms with Crippen LogP contribution in [0.4, 0.5) is 4.39 Å². The van der Waals surface area contributed by atoms with E-state index in [-0.39, 0.29) is 5.82 Å². The van der Waals surface area contributed by atoms with Crippen LogP contribution in [0, 0.1) is 12.7 Å². The molecule has 1 atom stereocenters. The Labute approximate surface area is 98.2 Å². The Morgan fingerprint density at radius 2 is 2.33 bits per heavy atom. The average molecular weight is 272 g/mol. The highest BCUT2D eigenvalue weighted by molar-refractivity contribution is 9.10. The maximum atomic E-state index is 13.6. The first-order valence-electron chi connectivity index (χ1n) is 5.34. The predicted octanol–water partition coefficient (Wildman–Crippen LogP) is 3.19. The van der Waals surface area contributed by atoms with Gasteiger partial charge in [0.1, 0.15) is 5.82 Å². The molecule has 1 heterocycles.